The number of anilines is 2. The van der Waals surface area contributed by atoms with Crippen LogP contribution in [0.5, 0.6) is 0 Å². The molecule has 2 aromatic heterocycles. The maximum Gasteiger partial charge on any atom is 0.307 e. The molecule has 4 rings (SSSR count). The van der Waals surface area contributed by atoms with Gasteiger partial charge in [0.15, 0.2) is 0 Å². The van der Waals surface area contributed by atoms with E-state index in [4.69, 9.17) is 5.73 Å². The van der Waals surface area contributed by atoms with Crippen LogP contribution in [0, 0.1) is 0 Å². The molecular formula is C24H20N4O3. The SMILES string of the molecule is NCc1cccc(N(C(=O)c2cc3ccncc3cn2)c2ccccc2CC(=O)O)c1. The Bertz CT molecular complexity index is 1270. The van der Waals surface area contributed by atoms with E-state index >= 15 is 0 Å². The summed E-state index contributed by atoms with van der Waals surface area (Å²) < 4.78 is 0. The van der Waals surface area contributed by atoms with Gasteiger partial charge < -0.3 is 10.8 Å². The summed E-state index contributed by atoms with van der Waals surface area (Å²) in [4.78, 5) is 35.0. The first-order valence-corrected chi connectivity index (χ1v) is 9.70. The molecule has 4 aromatic rings. The minimum absolute atomic E-state index is 0.215. The smallest absolute Gasteiger partial charge is 0.307 e. The number of fused-ring (bicyclic) bond motifs is 1. The third-order valence-corrected chi connectivity index (χ3v) is 4.92. The molecule has 0 bridgehead atoms. The molecule has 0 unspecified atom stereocenters. The monoisotopic (exact) mass is 412 g/mol. The van der Waals surface area contributed by atoms with Crippen molar-refractivity contribution in [3.63, 3.8) is 0 Å². The number of hydrogen-bond donors (Lipinski definition) is 2. The maximum atomic E-state index is 13.7. The highest BCUT2D eigenvalue weighted by atomic mass is 16.4. The summed E-state index contributed by atoms with van der Waals surface area (Å²) in [6.07, 6.45) is 4.73. The van der Waals surface area contributed by atoms with Crippen molar-refractivity contribution in [3.8, 4) is 0 Å². The summed E-state index contributed by atoms with van der Waals surface area (Å²) in [7, 11) is 0. The molecule has 31 heavy (non-hydrogen) atoms. The number of carbonyl (C=O) groups is 2. The number of benzene rings is 2. The molecule has 0 saturated carbocycles. The van der Waals surface area contributed by atoms with Crippen LogP contribution in [-0.4, -0.2) is 27.0 Å². The molecule has 0 aliphatic rings. The van der Waals surface area contributed by atoms with Crippen LogP contribution >= 0.6 is 0 Å². The van der Waals surface area contributed by atoms with E-state index < -0.39 is 5.97 Å². The molecule has 2 heterocycles. The number of nitrogens with two attached hydrogens (primary N) is 1. The molecule has 7 heteroatoms. The Labute approximate surface area is 178 Å². The molecule has 1 amide bonds. The number of hydrogen-bond acceptors (Lipinski definition) is 5. The predicted octanol–water partition coefficient (Wildman–Crippen LogP) is 3.69. The summed E-state index contributed by atoms with van der Waals surface area (Å²) in [5, 5.41) is 11.0. The number of aromatic nitrogens is 2. The molecule has 0 fully saturated rings. The van der Waals surface area contributed by atoms with E-state index in [1.165, 1.54) is 4.90 Å². The van der Waals surface area contributed by atoms with Gasteiger partial charge in [-0.2, -0.15) is 0 Å². The molecule has 0 spiro atoms. The number of pyridine rings is 2. The lowest BCUT2D eigenvalue weighted by Crippen LogP contribution is -2.28. The van der Waals surface area contributed by atoms with Gasteiger partial charge in [-0.15, -0.1) is 0 Å². The number of rotatable bonds is 6. The molecule has 154 valence electrons. The van der Waals surface area contributed by atoms with Gasteiger partial charge in [0.2, 0.25) is 0 Å². The van der Waals surface area contributed by atoms with E-state index in [-0.39, 0.29) is 18.0 Å². The van der Waals surface area contributed by atoms with Crippen molar-refractivity contribution >= 4 is 34.0 Å². The van der Waals surface area contributed by atoms with Crippen molar-refractivity contribution in [1.82, 2.24) is 9.97 Å². The van der Waals surface area contributed by atoms with Gasteiger partial charge in [-0.1, -0.05) is 30.3 Å². The predicted molar refractivity (Wildman–Crippen MR) is 118 cm³/mol. The third-order valence-electron chi connectivity index (χ3n) is 4.92. The van der Waals surface area contributed by atoms with Crippen molar-refractivity contribution in [3.05, 3.63) is 96.1 Å². The number of aliphatic carboxylic acids is 1. The fraction of sp³-hybridized carbons (Fsp3) is 0.0833. The number of amides is 1. The van der Waals surface area contributed by atoms with Crippen LogP contribution < -0.4 is 10.6 Å². The lowest BCUT2D eigenvalue weighted by atomic mass is 10.1. The zero-order valence-corrected chi connectivity index (χ0v) is 16.6. The zero-order valence-electron chi connectivity index (χ0n) is 16.6. The van der Waals surface area contributed by atoms with Gasteiger partial charge >= 0.3 is 5.97 Å². The van der Waals surface area contributed by atoms with E-state index in [1.54, 1.807) is 55.0 Å². The number of carbonyl (C=O) groups excluding carboxylic acids is 1. The van der Waals surface area contributed by atoms with E-state index in [9.17, 15) is 14.7 Å². The molecule has 0 aliphatic heterocycles. The Hall–Kier alpha value is -4.10. The third kappa shape index (κ3) is 4.26. The molecular weight excluding hydrogens is 392 g/mol. The second kappa shape index (κ2) is 8.73. The molecule has 0 saturated heterocycles. The van der Waals surface area contributed by atoms with Crippen molar-refractivity contribution in [2.45, 2.75) is 13.0 Å². The Kier molecular flexibility index (Phi) is 5.68. The van der Waals surface area contributed by atoms with Crippen LogP contribution in [0.1, 0.15) is 21.6 Å². The van der Waals surface area contributed by atoms with Gasteiger partial charge in [-0.3, -0.25) is 24.5 Å². The van der Waals surface area contributed by atoms with Crippen molar-refractivity contribution in [2.24, 2.45) is 5.73 Å². The van der Waals surface area contributed by atoms with Crippen LogP contribution in [0.2, 0.25) is 0 Å². The Morgan fingerprint density at radius 2 is 1.81 bits per heavy atom. The number of para-hydroxylation sites is 1. The van der Waals surface area contributed by atoms with Gasteiger partial charge in [0.1, 0.15) is 5.69 Å². The Morgan fingerprint density at radius 1 is 0.968 bits per heavy atom. The minimum atomic E-state index is -0.980. The molecule has 3 N–H and O–H groups in total. The Balaban J connectivity index is 1.87. The van der Waals surface area contributed by atoms with Crippen LogP contribution in [0.25, 0.3) is 10.8 Å². The topological polar surface area (TPSA) is 109 Å². The highest BCUT2D eigenvalue weighted by Crippen LogP contribution is 2.31. The fourth-order valence-corrected chi connectivity index (χ4v) is 3.44. The van der Waals surface area contributed by atoms with E-state index in [1.807, 2.05) is 24.3 Å². The lowest BCUT2D eigenvalue weighted by Gasteiger charge is -2.25. The summed E-state index contributed by atoms with van der Waals surface area (Å²) in [5.41, 5.74) is 8.48. The summed E-state index contributed by atoms with van der Waals surface area (Å²) >= 11 is 0. The lowest BCUT2D eigenvalue weighted by molar-refractivity contribution is -0.136. The standard InChI is InChI=1S/C24H20N4O3/c25-13-16-4-3-6-20(10-16)28(22-7-2-1-5-18(22)12-23(29)30)24(31)21-11-17-8-9-26-14-19(17)15-27-21/h1-11,14-15H,12-13,25H2,(H,29,30). The first-order valence-electron chi connectivity index (χ1n) is 9.70. The zero-order chi connectivity index (χ0) is 21.8. The second-order valence-corrected chi connectivity index (χ2v) is 7.01. The van der Waals surface area contributed by atoms with Gasteiger partial charge in [0, 0.05) is 36.2 Å². The van der Waals surface area contributed by atoms with Crippen molar-refractivity contribution in [2.75, 3.05) is 4.90 Å². The number of carboxylic acids is 1. The molecule has 7 nitrogen and oxygen atoms in total. The largest absolute Gasteiger partial charge is 0.481 e. The summed E-state index contributed by atoms with van der Waals surface area (Å²) in [6, 6.07) is 17.8. The summed E-state index contributed by atoms with van der Waals surface area (Å²) in [6.45, 7) is 0.313. The summed E-state index contributed by atoms with van der Waals surface area (Å²) in [5.74, 6) is -1.35. The van der Waals surface area contributed by atoms with Gasteiger partial charge in [0.25, 0.3) is 5.91 Å². The van der Waals surface area contributed by atoms with Crippen LogP contribution in [0.4, 0.5) is 11.4 Å². The first-order chi connectivity index (χ1) is 15.1. The molecule has 0 radical (unpaired) electrons. The van der Waals surface area contributed by atoms with E-state index in [2.05, 4.69) is 9.97 Å². The van der Waals surface area contributed by atoms with Crippen molar-refractivity contribution in [1.29, 1.82) is 0 Å². The van der Waals surface area contributed by atoms with Gasteiger partial charge in [0.05, 0.1) is 12.1 Å². The molecule has 2 aromatic carbocycles. The highest BCUT2D eigenvalue weighted by Gasteiger charge is 2.24. The maximum absolute atomic E-state index is 13.7. The fourth-order valence-electron chi connectivity index (χ4n) is 3.44. The highest BCUT2D eigenvalue weighted by molar-refractivity contribution is 6.11. The van der Waals surface area contributed by atoms with E-state index in [0.717, 1.165) is 16.3 Å². The average Bonchev–Trinajstić information content (AvgIpc) is 2.79. The number of carboxylic acid groups (broad SMARTS) is 1. The molecule has 0 atom stereocenters. The minimum Gasteiger partial charge on any atom is -0.481 e. The first kappa shape index (κ1) is 20.2. The molecule has 0 aliphatic carbocycles. The Morgan fingerprint density at radius 3 is 2.61 bits per heavy atom. The van der Waals surface area contributed by atoms with Crippen LogP contribution in [0.15, 0.2) is 79.3 Å². The van der Waals surface area contributed by atoms with Crippen molar-refractivity contribution < 1.29 is 14.7 Å². The van der Waals surface area contributed by atoms with Crippen LogP contribution in [-0.2, 0) is 17.8 Å². The second-order valence-electron chi connectivity index (χ2n) is 7.01. The van der Waals surface area contributed by atoms with Crippen LogP contribution in [0.3, 0.4) is 0 Å². The van der Waals surface area contributed by atoms with Gasteiger partial charge in [-0.05, 0) is 46.8 Å². The number of nitrogens with zero attached hydrogens (tertiary/aromatic N) is 3. The normalized spacial score (nSPS) is 10.7. The van der Waals surface area contributed by atoms with E-state index in [0.29, 0.717) is 23.5 Å². The quantitative estimate of drug-likeness (QED) is 0.500. The van der Waals surface area contributed by atoms with Gasteiger partial charge in [-0.25, -0.2) is 0 Å². The average molecular weight is 412 g/mol.